The Bertz CT molecular complexity index is 1780. The number of nitrogens with one attached hydrogen (secondary N) is 2. The molecule has 5 heterocycles. The second-order valence-corrected chi connectivity index (χ2v) is 9.17. The van der Waals surface area contributed by atoms with E-state index in [1.807, 2.05) is 37.2 Å². The third-order valence-electron chi connectivity index (χ3n) is 6.07. The van der Waals surface area contributed by atoms with Gasteiger partial charge in [-0.2, -0.15) is 5.10 Å². The van der Waals surface area contributed by atoms with Crippen molar-refractivity contribution in [1.29, 1.82) is 0 Å². The first-order valence-corrected chi connectivity index (χ1v) is 11.9. The van der Waals surface area contributed by atoms with Gasteiger partial charge in [0.15, 0.2) is 11.5 Å². The number of hydrogen-bond donors (Lipinski definition) is 3. The highest BCUT2D eigenvalue weighted by molar-refractivity contribution is 5.96. The fraction of sp³-hybridized carbons (Fsp3) is 0.148. The number of benzene rings is 1. The van der Waals surface area contributed by atoms with Gasteiger partial charge in [0, 0.05) is 42.3 Å². The summed E-state index contributed by atoms with van der Waals surface area (Å²) in [6.07, 6.45) is 6.64. The first kappa shape index (κ1) is 23.5. The number of nitrogens with zero attached hydrogens (tertiary/aromatic N) is 6. The zero-order chi connectivity index (χ0) is 26.2. The summed E-state index contributed by atoms with van der Waals surface area (Å²) in [6.45, 7) is 1.16. The lowest BCUT2D eigenvalue weighted by atomic mass is 10.1. The van der Waals surface area contributed by atoms with E-state index in [2.05, 4.69) is 25.1 Å². The van der Waals surface area contributed by atoms with E-state index in [0.29, 0.717) is 69.5 Å². The minimum atomic E-state index is -0.402. The zero-order valence-corrected chi connectivity index (χ0v) is 20.7. The number of aromatic nitrogens is 7. The second kappa shape index (κ2) is 9.52. The van der Waals surface area contributed by atoms with Crippen molar-refractivity contribution in [2.24, 2.45) is 0 Å². The fourth-order valence-corrected chi connectivity index (χ4v) is 4.23. The first-order valence-electron chi connectivity index (χ1n) is 11.9. The highest BCUT2D eigenvalue weighted by Gasteiger charge is 2.18. The quantitative estimate of drug-likeness (QED) is 0.290. The van der Waals surface area contributed by atoms with Crippen LogP contribution < -0.4 is 10.5 Å². The number of fused-ring (bicyclic) bond motifs is 2. The summed E-state index contributed by atoms with van der Waals surface area (Å²) in [7, 11) is 3.91. The van der Waals surface area contributed by atoms with E-state index in [0.717, 1.165) is 11.1 Å². The van der Waals surface area contributed by atoms with Crippen LogP contribution in [0.3, 0.4) is 0 Å². The minimum absolute atomic E-state index is 0.402. The molecule has 11 heteroatoms. The van der Waals surface area contributed by atoms with Gasteiger partial charge >= 0.3 is 0 Å². The molecular formula is C27H24FN9O. The minimum Gasteiger partial charge on any atom is -0.492 e. The molecule has 0 bridgehead atoms. The van der Waals surface area contributed by atoms with Gasteiger partial charge in [-0.1, -0.05) is 0 Å². The van der Waals surface area contributed by atoms with Crippen molar-refractivity contribution < 1.29 is 9.13 Å². The molecule has 0 atom stereocenters. The van der Waals surface area contributed by atoms with Gasteiger partial charge in [0.25, 0.3) is 0 Å². The van der Waals surface area contributed by atoms with E-state index in [1.165, 1.54) is 12.1 Å². The van der Waals surface area contributed by atoms with Crippen LogP contribution in [0.15, 0.2) is 61.2 Å². The lowest BCUT2D eigenvalue weighted by molar-refractivity contribution is 0.260. The van der Waals surface area contributed by atoms with Crippen molar-refractivity contribution in [3.8, 4) is 39.7 Å². The molecule has 0 saturated heterocycles. The van der Waals surface area contributed by atoms with E-state index < -0.39 is 5.82 Å². The Labute approximate surface area is 216 Å². The number of halogens is 1. The van der Waals surface area contributed by atoms with Crippen LogP contribution in [0.2, 0.25) is 0 Å². The van der Waals surface area contributed by atoms with E-state index in [9.17, 15) is 4.39 Å². The number of aromatic amines is 2. The van der Waals surface area contributed by atoms with Gasteiger partial charge in [-0.25, -0.2) is 14.4 Å². The molecule has 6 rings (SSSR count). The number of hydrogen-bond acceptors (Lipinski definition) is 8. The number of rotatable bonds is 7. The maximum absolute atomic E-state index is 14.5. The van der Waals surface area contributed by atoms with Gasteiger partial charge in [0.1, 0.15) is 23.7 Å². The highest BCUT2D eigenvalue weighted by atomic mass is 19.1. The molecule has 190 valence electrons. The normalized spacial score (nSPS) is 11.6. The average Bonchev–Trinajstić information content (AvgIpc) is 3.51. The fourth-order valence-electron chi connectivity index (χ4n) is 4.23. The largest absolute Gasteiger partial charge is 0.492 e. The van der Waals surface area contributed by atoms with E-state index in [-0.39, 0.29) is 0 Å². The molecular weight excluding hydrogens is 485 g/mol. The summed E-state index contributed by atoms with van der Waals surface area (Å²) in [5, 5.41) is 7.48. The molecule has 6 aromatic rings. The van der Waals surface area contributed by atoms with E-state index in [1.54, 1.807) is 30.9 Å². The molecule has 0 radical (unpaired) electrons. The van der Waals surface area contributed by atoms with Crippen molar-refractivity contribution in [3.63, 3.8) is 0 Å². The smallest absolute Gasteiger partial charge is 0.161 e. The maximum Gasteiger partial charge on any atom is 0.161 e. The number of likely N-dealkylation sites (N-methyl/N-ethyl adjacent to an activating group) is 1. The van der Waals surface area contributed by atoms with Gasteiger partial charge < -0.3 is 20.4 Å². The summed E-state index contributed by atoms with van der Waals surface area (Å²) < 4.78 is 20.3. The number of anilines is 1. The van der Waals surface area contributed by atoms with Crippen LogP contribution in [0.25, 0.3) is 56.0 Å². The van der Waals surface area contributed by atoms with Crippen molar-refractivity contribution in [2.45, 2.75) is 0 Å². The molecule has 5 aromatic heterocycles. The number of ether oxygens (including phenoxy) is 1. The average molecular weight is 510 g/mol. The Morgan fingerprint density at radius 2 is 1.79 bits per heavy atom. The molecule has 0 amide bonds. The summed E-state index contributed by atoms with van der Waals surface area (Å²) in [6, 6.07) is 10.2. The molecule has 0 aliphatic rings. The van der Waals surface area contributed by atoms with Crippen molar-refractivity contribution in [2.75, 3.05) is 33.0 Å². The van der Waals surface area contributed by atoms with E-state index in [4.69, 9.17) is 20.4 Å². The zero-order valence-electron chi connectivity index (χ0n) is 20.7. The van der Waals surface area contributed by atoms with Gasteiger partial charge in [0.05, 0.1) is 34.1 Å². The number of imidazole rings is 1. The topological polar surface area (TPSA) is 135 Å². The summed E-state index contributed by atoms with van der Waals surface area (Å²) in [5.74, 6) is 0.552. The van der Waals surface area contributed by atoms with Gasteiger partial charge in [-0.15, -0.1) is 0 Å². The number of H-pyrrole nitrogens is 2. The molecule has 0 spiro atoms. The standard InChI is InChI=1S/C27H24FN9O/c1-37(2)5-6-38-19-9-15(7-17(28)10-19)20-13-31-14-23-24(20)34-27(33-23)26-25-22(35-36-26)4-3-21(32-25)16-8-18(29)12-30-11-16/h3-4,7-14H,5-6,29H2,1-2H3,(H,33,34)(H,35,36). The summed E-state index contributed by atoms with van der Waals surface area (Å²) in [4.78, 5) is 23.4. The van der Waals surface area contributed by atoms with Crippen molar-refractivity contribution in [1.82, 2.24) is 40.0 Å². The Balaban J connectivity index is 1.40. The number of nitrogens with two attached hydrogens (primary N) is 1. The van der Waals surface area contributed by atoms with Gasteiger partial charge in [-0.05, 0) is 50.0 Å². The van der Waals surface area contributed by atoms with Crippen LogP contribution in [0.4, 0.5) is 10.1 Å². The predicted molar refractivity (Wildman–Crippen MR) is 144 cm³/mol. The molecule has 38 heavy (non-hydrogen) atoms. The van der Waals surface area contributed by atoms with Crippen LogP contribution in [-0.2, 0) is 0 Å². The van der Waals surface area contributed by atoms with Gasteiger partial charge in [-0.3, -0.25) is 15.1 Å². The molecule has 0 saturated carbocycles. The monoisotopic (exact) mass is 509 g/mol. The highest BCUT2D eigenvalue weighted by Crippen LogP contribution is 2.33. The number of pyridine rings is 3. The van der Waals surface area contributed by atoms with Crippen LogP contribution in [0.5, 0.6) is 5.75 Å². The SMILES string of the molecule is CN(C)CCOc1cc(F)cc(-c2cncc3[nH]c(-c4n[nH]c5ccc(-c6cncc(N)c6)nc45)nc23)c1. The summed E-state index contributed by atoms with van der Waals surface area (Å²) >= 11 is 0. The Kier molecular flexibility index (Phi) is 5.89. The third kappa shape index (κ3) is 4.50. The molecule has 0 fully saturated rings. The van der Waals surface area contributed by atoms with Crippen LogP contribution in [-0.4, -0.2) is 67.3 Å². The molecule has 0 unspecified atom stereocenters. The number of nitrogen functional groups attached to an aromatic ring is 1. The molecule has 10 nitrogen and oxygen atoms in total. The molecule has 0 aliphatic heterocycles. The third-order valence-corrected chi connectivity index (χ3v) is 6.07. The predicted octanol–water partition coefficient (Wildman–Crippen LogP) is 4.29. The Morgan fingerprint density at radius 3 is 2.63 bits per heavy atom. The van der Waals surface area contributed by atoms with Gasteiger partial charge in [0.2, 0.25) is 0 Å². The van der Waals surface area contributed by atoms with Crippen LogP contribution in [0.1, 0.15) is 0 Å². The first-order chi connectivity index (χ1) is 18.4. The van der Waals surface area contributed by atoms with Crippen molar-refractivity contribution >= 4 is 27.8 Å². The summed E-state index contributed by atoms with van der Waals surface area (Å²) in [5.41, 5.74) is 12.5. The van der Waals surface area contributed by atoms with E-state index >= 15 is 0 Å². The Hall–Kier alpha value is -4.90. The lowest BCUT2D eigenvalue weighted by Gasteiger charge is -2.12. The molecule has 4 N–H and O–H groups in total. The van der Waals surface area contributed by atoms with Crippen LogP contribution >= 0.6 is 0 Å². The van der Waals surface area contributed by atoms with Crippen molar-refractivity contribution in [3.05, 3.63) is 67.0 Å². The van der Waals surface area contributed by atoms with Crippen LogP contribution in [0, 0.1) is 5.82 Å². The Morgan fingerprint density at radius 1 is 0.921 bits per heavy atom. The molecule has 0 aliphatic carbocycles. The lowest BCUT2D eigenvalue weighted by Crippen LogP contribution is -2.19. The second-order valence-electron chi connectivity index (χ2n) is 9.17. The molecule has 1 aromatic carbocycles. The maximum atomic E-state index is 14.5.